The number of hydrogen-bond acceptors (Lipinski definition) is 3. The molecule has 0 atom stereocenters. The predicted octanol–water partition coefficient (Wildman–Crippen LogP) is 4.30. The lowest BCUT2D eigenvalue weighted by Gasteiger charge is -2.29. The van der Waals surface area contributed by atoms with E-state index in [1.807, 2.05) is 19.1 Å². The average Bonchev–Trinajstić information content (AvgIpc) is 2.49. The van der Waals surface area contributed by atoms with Crippen LogP contribution in [0.4, 0.5) is 0 Å². The van der Waals surface area contributed by atoms with Crippen LogP contribution in [-0.2, 0) is 5.41 Å². The Morgan fingerprint density at radius 3 is 2.48 bits per heavy atom. The quantitative estimate of drug-likeness (QED) is 0.758. The van der Waals surface area contributed by atoms with Crippen molar-refractivity contribution in [3.8, 4) is 5.75 Å². The van der Waals surface area contributed by atoms with E-state index in [0.717, 1.165) is 30.3 Å². The van der Waals surface area contributed by atoms with Crippen molar-refractivity contribution in [3.63, 3.8) is 0 Å². The van der Waals surface area contributed by atoms with Crippen LogP contribution in [0.5, 0.6) is 5.75 Å². The van der Waals surface area contributed by atoms with Crippen LogP contribution in [0, 0.1) is 5.92 Å². The number of benzene rings is 1. The second-order valence-corrected chi connectivity index (χ2v) is 7.78. The highest BCUT2D eigenvalue weighted by Crippen LogP contribution is 2.29. The van der Waals surface area contributed by atoms with E-state index in [4.69, 9.17) is 4.74 Å². The summed E-state index contributed by atoms with van der Waals surface area (Å²) in [5.74, 6) is 1.68. The molecule has 0 bridgehead atoms. The van der Waals surface area contributed by atoms with Gasteiger partial charge in [-0.2, -0.15) is 0 Å². The van der Waals surface area contributed by atoms with Crippen molar-refractivity contribution in [1.29, 1.82) is 0 Å². The van der Waals surface area contributed by atoms with E-state index in [9.17, 15) is 4.79 Å². The molecule has 1 fully saturated rings. The van der Waals surface area contributed by atoms with Crippen molar-refractivity contribution in [2.24, 2.45) is 5.92 Å². The lowest BCUT2D eigenvalue weighted by Crippen LogP contribution is -2.37. The van der Waals surface area contributed by atoms with Gasteiger partial charge in [0.2, 0.25) is 0 Å². The maximum atomic E-state index is 12.8. The van der Waals surface area contributed by atoms with Gasteiger partial charge in [-0.25, -0.2) is 0 Å². The smallest absolute Gasteiger partial charge is 0.180 e. The van der Waals surface area contributed by atoms with Crippen LogP contribution in [0.25, 0.3) is 0 Å². The molecule has 0 radical (unpaired) electrons. The summed E-state index contributed by atoms with van der Waals surface area (Å²) in [6, 6.07) is 6.06. The molecule has 0 amide bonds. The molecule has 0 aliphatic carbocycles. The van der Waals surface area contributed by atoms with Gasteiger partial charge < -0.3 is 4.74 Å². The summed E-state index contributed by atoms with van der Waals surface area (Å²) in [7, 11) is 0. The number of Topliss-reactive ketones (excluding diaryl/α,β-unsaturated/α-hetero) is 1. The molecule has 0 saturated carbocycles. The predicted molar refractivity (Wildman–Crippen MR) is 95.5 cm³/mol. The number of rotatable bonds is 5. The van der Waals surface area contributed by atoms with Crippen molar-refractivity contribution in [2.45, 2.75) is 52.9 Å². The largest absolute Gasteiger partial charge is 0.493 e. The first-order valence-corrected chi connectivity index (χ1v) is 8.84. The van der Waals surface area contributed by atoms with Gasteiger partial charge in [0.15, 0.2) is 5.78 Å². The highest BCUT2D eigenvalue weighted by molar-refractivity contribution is 6.00. The minimum atomic E-state index is 0.0281. The Morgan fingerprint density at radius 2 is 1.91 bits per heavy atom. The molecule has 1 heterocycles. The van der Waals surface area contributed by atoms with Crippen LogP contribution < -0.4 is 4.74 Å². The third-order valence-electron chi connectivity index (χ3n) is 4.69. The molecule has 128 valence electrons. The van der Waals surface area contributed by atoms with E-state index < -0.39 is 0 Å². The summed E-state index contributed by atoms with van der Waals surface area (Å²) in [4.78, 5) is 15.1. The summed E-state index contributed by atoms with van der Waals surface area (Å²) in [6.07, 6.45) is 2.38. The molecule has 0 spiro atoms. The molecule has 23 heavy (non-hydrogen) atoms. The highest BCUT2D eigenvalue weighted by Gasteiger charge is 2.23. The van der Waals surface area contributed by atoms with Crippen LogP contribution in [-0.4, -0.2) is 36.9 Å². The molecule has 0 unspecified atom stereocenters. The lowest BCUT2D eigenvalue weighted by atomic mass is 9.85. The van der Waals surface area contributed by atoms with Crippen molar-refractivity contribution < 1.29 is 9.53 Å². The molecule has 3 nitrogen and oxygen atoms in total. The van der Waals surface area contributed by atoms with E-state index in [2.05, 4.69) is 38.7 Å². The van der Waals surface area contributed by atoms with Gasteiger partial charge >= 0.3 is 0 Å². The molecule has 1 aliphatic heterocycles. The molecule has 1 saturated heterocycles. The Hall–Kier alpha value is -1.35. The molecule has 1 aromatic rings. The first-order chi connectivity index (χ1) is 10.8. The first kappa shape index (κ1) is 18.0. The number of nitrogens with zero attached hydrogens (tertiary/aromatic N) is 1. The standard InChI is InChI=1S/C20H31NO2/c1-6-23-19-8-7-16(20(3,4)5)13-17(19)18(22)14-21-11-9-15(2)10-12-21/h7-8,13,15H,6,9-12,14H2,1-5H3. The minimum absolute atomic E-state index is 0.0281. The second-order valence-electron chi connectivity index (χ2n) is 7.78. The molecule has 0 aromatic heterocycles. The fraction of sp³-hybridized carbons (Fsp3) is 0.650. The van der Waals surface area contributed by atoms with E-state index in [1.165, 1.54) is 18.4 Å². The van der Waals surface area contributed by atoms with Crippen LogP contribution in [0.15, 0.2) is 18.2 Å². The van der Waals surface area contributed by atoms with Gasteiger partial charge in [0.25, 0.3) is 0 Å². The Morgan fingerprint density at radius 1 is 1.26 bits per heavy atom. The summed E-state index contributed by atoms with van der Waals surface area (Å²) in [6.45, 7) is 13.9. The number of carbonyl (C=O) groups excluding carboxylic acids is 1. The van der Waals surface area contributed by atoms with Gasteiger partial charge in [-0.05, 0) is 61.9 Å². The lowest BCUT2D eigenvalue weighted by molar-refractivity contribution is 0.0896. The van der Waals surface area contributed by atoms with Gasteiger partial charge in [-0.3, -0.25) is 9.69 Å². The summed E-state index contributed by atoms with van der Waals surface area (Å²) in [5, 5.41) is 0. The zero-order valence-corrected chi connectivity index (χ0v) is 15.3. The summed E-state index contributed by atoms with van der Waals surface area (Å²) >= 11 is 0. The Bertz CT molecular complexity index is 537. The maximum Gasteiger partial charge on any atom is 0.180 e. The Balaban J connectivity index is 2.19. The van der Waals surface area contributed by atoms with E-state index >= 15 is 0 Å². The molecular weight excluding hydrogens is 286 g/mol. The number of ether oxygens (including phenoxy) is 1. The van der Waals surface area contributed by atoms with Gasteiger partial charge in [0.1, 0.15) is 5.75 Å². The number of piperidine rings is 1. The number of ketones is 1. The fourth-order valence-electron chi connectivity index (χ4n) is 3.00. The zero-order chi connectivity index (χ0) is 17.0. The molecule has 2 rings (SSSR count). The second kappa shape index (κ2) is 7.48. The highest BCUT2D eigenvalue weighted by atomic mass is 16.5. The van der Waals surface area contributed by atoms with Crippen LogP contribution in [0.3, 0.4) is 0 Å². The van der Waals surface area contributed by atoms with Crippen molar-refractivity contribution in [3.05, 3.63) is 29.3 Å². The van der Waals surface area contributed by atoms with Gasteiger partial charge in [0.05, 0.1) is 18.7 Å². The van der Waals surface area contributed by atoms with Crippen LogP contribution in [0.2, 0.25) is 0 Å². The zero-order valence-electron chi connectivity index (χ0n) is 15.3. The van der Waals surface area contributed by atoms with E-state index in [-0.39, 0.29) is 11.2 Å². The van der Waals surface area contributed by atoms with Crippen molar-refractivity contribution in [2.75, 3.05) is 26.2 Å². The summed E-state index contributed by atoms with van der Waals surface area (Å²) in [5.41, 5.74) is 1.94. The molecular formula is C20H31NO2. The number of hydrogen-bond donors (Lipinski definition) is 0. The van der Waals surface area contributed by atoms with Crippen molar-refractivity contribution in [1.82, 2.24) is 4.90 Å². The SMILES string of the molecule is CCOc1ccc(C(C)(C)C)cc1C(=O)CN1CCC(C)CC1. The third kappa shape index (κ3) is 4.81. The van der Waals surface area contributed by atoms with E-state index in [1.54, 1.807) is 0 Å². The molecule has 3 heteroatoms. The Kier molecular flexibility index (Phi) is 5.85. The van der Waals surface area contributed by atoms with Crippen LogP contribution >= 0.6 is 0 Å². The number of carbonyl (C=O) groups is 1. The van der Waals surface area contributed by atoms with Gasteiger partial charge in [-0.15, -0.1) is 0 Å². The normalized spacial score (nSPS) is 17.3. The Labute approximate surface area is 141 Å². The topological polar surface area (TPSA) is 29.5 Å². The molecule has 1 aliphatic rings. The minimum Gasteiger partial charge on any atom is -0.493 e. The fourth-order valence-corrected chi connectivity index (χ4v) is 3.00. The summed E-state index contributed by atoms with van der Waals surface area (Å²) < 4.78 is 5.69. The monoisotopic (exact) mass is 317 g/mol. The van der Waals surface area contributed by atoms with Gasteiger partial charge in [0, 0.05) is 0 Å². The third-order valence-corrected chi connectivity index (χ3v) is 4.69. The molecule has 1 aromatic carbocycles. The van der Waals surface area contributed by atoms with E-state index in [0.29, 0.717) is 13.2 Å². The van der Waals surface area contributed by atoms with Gasteiger partial charge in [-0.1, -0.05) is 33.8 Å². The number of likely N-dealkylation sites (tertiary alicyclic amines) is 1. The molecule has 0 N–H and O–H groups in total. The van der Waals surface area contributed by atoms with Crippen molar-refractivity contribution >= 4 is 5.78 Å². The maximum absolute atomic E-state index is 12.8. The average molecular weight is 317 g/mol. The first-order valence-electron chi connectivity index (χ1n) is 8.84. The van der Waals surface area contributed by atoms with Crippen LogP contribution in [0.1, 0.15) is 63.4 Å².